The number of rotatable bonds is 21. The number of aliphatic hydroxyl groups is 4. The van der Waals surface area contributed by atoms with Crippen molar-refractivity contribution in [3.63, 3.8) is 0 Å². The molecule has 0 spiro atoms. The number of H-pyrrole nitrogens is 1. The number of hydrogen-bond acceptors (Lipinski definition) is 17. The molecule has 0 saturated carbocycles. The summed E-state index contributed by atoms with van der Waals surface area (Å²) in [6.45, 7) is 7.91. The van der Waals surface area contributed by atoms with Crippen molar-refractivity contribution < 1.29 is 63.5 Å². The van der Waals surface area contributed by atoms with E-state index in [1.54, 1.807) is 38.1 Å². The number of carbonyl (C=O) groups excluding carboxylic acids is 7. The highest BCUT2D eigenvalue weighted by atomic mass is 127. The molecule has 0 radical (unpaired) electrons. The Hall–Kier alpha value is -5.61. The Morgan fingerprint density at radius 1 is 1.00 bits per heavy atom. The van der Waals surface area contributed by atoms with Crippen molar-refractivity contribution in [2.75, 3.05) is 30.3 Å². The maximum absolute atomic E-state index is 13.6. The largest absolute Gasteiger partial charge is 0.445 e. The molecular formula is C46H64IN11O13. The van der Waals surface area contributed by atoms with E-state index in [9.17, 15) is 54.0 Å². The highest BCUT2D eigenvalue weighted by molar-refractivity contribution is 14.1. The van der Waals surface area contributed by atoms with Gasteiger partial charge in [-0.15, -0.1) is 0 Å². The Kier molecular flexibility index (Phi) is 18.7. The maximum Gasteiger partial charge on any atom is 0.410 e. The predicted octanol–water partition coefficient (Wildman–Crippen LogP) is 0.584. The van der Waals surface area contributed by atoms with Crippen LogP contribution >= 0.6 is 22.6 Å². The molecule has 3 aliphatic heterocycles. The lowest BCUT2D eigenvalue weighted by Gasteiger charge is -2.43. The Bertz CT molecular complexity index is 2390. The van der Waals surface area contributed by atoms with Crippen molar-refractivity contribution in [3.8, 4) is 0 Å². The number of ether oxygens (including phenoxy) is 2. The van der Waals surface area contributed by atoms with Gasteiger partial charge in [-0.05, 0) is 49.8 Å². The number of aromatic nitrogens is 4. The highest BCUT2D eigenvalue weighted by Crippen LogP contribution is 2.43. The highest BCUT2D eigenvalue weighted by Gasteiger charge is 2.50. The second kappa shape index (κ2) is 24.2. The summed E-state index contributed by atoms with van der Waals surface area (Å²) in [5, 5.41) is 56.4. The minimum absolute atomic E-state index is 0.0273. The minimum atomic E-state index is -1.68. The van der Waals surface area contributed by atoms with Gasteiger partial charge in [-0.2, -0.15) is 0 Å². The summed E-state index contributed by atoms with van der Waals surface area (Å²) in [5.41, 5.74) is 1.57. The first-order valence-corrected chi connectivity index (χ1v) is 24.9. The van der Waals surface area contributed by atoms with Crippen LogP contribution in [0.25, 0.3) is 11.2 Å². The molecule has 2 unspecified atom stereocenters. The normalized spacial score (nSPS) is 25.1. The summed E-state index contributed by atoms with van der Waals surface area (Å²) in [4.78, 5) is 110. The molecule has 11 atom stereocenters. The van der Waals surface area contributed by atoms with Crippen LogP contribution in [0.15, 0.2) is 36.9 Å². The molecule has 1 aromatic carbocycles. The van der Waals surface area contributed by atoms with Crippen LogP contribution in [0.1, 0.15) is 85.1 Å². The van der Waals surface area contributed by atoms with Crippen LogP contribution in [-0.2, 0) is 44.8 Å². The van der Waals surface area contributed by atoms with Gasteiger partial charge in [0.1, 0.15) is 54.9 Å². The van der Waals surface area contributed by atoms with E-state index in [0.29, 0.717) is 22.4 Å². The third-order valence-corrected chi connectivity index (χ3v) is 15.2. The molecular weight excluding hydrogens is 1040 g/mol. The number of anilines is 2. The molecule has 0 aliphatic carbocycles. The van der Waals surface area contributed by atoms with Gasteiger partial charge in [0.15, 0.2) is 17.7 Å². The molecule has 3 aliphatic rings. The van der Waals surface area contributed by atoms with Gasteiger partial charge in [-0.1, -0.05) is 75.3 Å². The van der Waals surface area contributed by atoms with E-state index in [1.165, 1.54) is 19.6 Å². The quantitative estimate of drug-likeness (QED) is 0.0396. The molecule has 3 aromatic rings. The van der Waals surface area contributed by atoms with Crippen LogP contribution in [0.4, 0.5) is 16.3 Å². The fourth-order valence-corrected chi connectivity index (χ4v) is 9.76. The smallest absolute Gasteiger partial charge is 0.410 e. The number of nitrogens with one attached hydrogen (secondary N) is 6. The average Bonchev–Trinajstić information content (AvgIpc) is 4.08. The van der Waals surface area contributed by atoms with E-state index in [1.807, 2.05) is 6.92 Å². The van der Waals surface area contributed by atoms with Crippen LogP contribution in [0.2, 0.25) is 0 Å². The van der Waals surface area contributed by atoms with E-state index in [-0.39, 0.29) is 65.9 Å². The number of halogens is 1. The number of carbonyl (C=O) groups is 7. The monoisotopic (exact) mass is 1110 g/mol. The summed E-state index contributed by atoms with van der Waals surface area (Å²) in [6, 6.07) is 1.38. The molecule has 25 heteroatoms. The van der Waals surface area contributed by atoms with Gasteiger partial charge in [-0.25, -0.2) is 19.7 Å². The summed E-state index contributed by atoms with van der Waals surface area (Å²) in [5.74, 6) is -3.81. The first-order valence-electron chi connectivity index (χ1n) is 23.8. The zero-order valence-electron chi connectivity index (χ0n) is 40.2. The number of imide groups is 1. The van der Waals surface area contributed by atoms with Crippen LogP contribution in [0.5, 0.6) is 0 Å². The SMILES string of the molecule is CCCCC(I)(CC)C1CC(=O)N(CCC(=O)N[C@H](C(=O)N[C@@H](C)C(=O)Nc2ccc(COC(=O)N3CC[C@@H](O)[C@@H]3C(=O)N[C@@H]3[C@@H](O)[C@H](O)[C@@H](Nc4ncnc5nc[nH]c45)O[C@H]3CO)cc2)C(C)C)C1=O. The molecule has 10 N–H and O–H groups in total. The number of hydrogen-bond donors (Lipinski definition) is 10. The van der Waals surface area contributed by atoms with Gasteiger partial charge >= 0.3 is 6.09 Å². The molecule has 0 bridgehead atoms. The Balaban J connectivity index is 0.950. The lowest BCUT2D eigenvalue weighted by atomic mass is 9.84. The number of aromatic amines is 1. The molecule has 71 heavy (non-hydrogen) atoms. The van der Waals surface area contributed by atoms with Crippen molar-refractivity contribution in [2.45, 2.75) is 144 Å². The van der Waals surface area contributed by atoms with Gasteiger partial charge in [-0.3, -0.25) is 38.6 Å². The Morgan fingerprint density at radius 2 is 1.73 bits per heavy atom. The van der Waals surface area contributed by atoms with Crippen LogP contribution in [-0.4, -0.2) is 170 Å². The molecule has 3 saturated heterocycles. The number of alkyl halides is 1. The van der Waals surface area contributed by atoms with E-state index in [0.717, 1.165) is 35.5 Å². The fraction of sp³-hybridized carbons (Fsp3) is 0.609. The van der Waals surface area contributed by atoms with Crippen molar-refractivity contribution >= 4 is 86.8 Å². The van der Waals surface area contributed by atoms with Crippen molar-refractivity contribution in [2.24, 2.45) is 11.8 Å². The van der Waals surface area contributed by atoms with Crippen molar-refractivity contribution in [3.05, 3.63) is 42.5 Å². The van der Waals surface area contributed by atoms with Gasteiger partial charge in [0, 0.05) is 35.0 Å². The second-order valence-corrected chi connectivity index (χ2v) is 20.5. The second-order valence-electron chi connectivity index (χ2n) is 18.4. The van der Waals surface area contributed by atoms with Crippen LogP contribution in [0, 0.1) is 11.8 Å². The number of unbranched alkanes of at least 4 members (excludes halogenated alkanes) is 1. The van der Waals surface area contributed by atoms with E-state index in [2.05, 4.69) is 76.0 Å². The van der Waals surface area contributed by atoms with E-state index in [4.69, 9.17) is 9.47 Å². The molecule has 6 rings (SSSR count). The van der Waals surface area contributed by atoms with Crippen LogP contribution < -0.4 is 26.6 Å². The first-order chi connectivity index (χ1) is 33.8. The van der Waals surface area contributed by atoms with Gasteiger partial charge < -0.3 is 61.5 Å². The molecule has 7 amide bonds. The number of amides is 7. The van der Waals surface area contributed by atoms with E-state index < -0.39 is 97.1 Å². The van der Waals surface area contributed by atoms with Gasteiger partial charge in [0.05, 0.1) is 31.0 Å². The fourth-order valence-electron chi connectivity index (χ4n) is 8.89. The zero-order valence-corrected chi connectivity index (χ0v) is 42.3. The molecule has 2 aromatic heterocycles. The van der Waals surface area contributed by atoms with Crippen molar-refractivity contribution in [1.29, 1.82) is 0 Å². The lowest BCUT2D eigenvalue weighted by Crippen LogP contribution is -2.67. The number of fused-ring (bicyclic) bond motifs is 1. The molecule has 24 nitrogen and oxygen atoms in total. The molecule has 3 fully saturated rings. The molecule has 5 heterocycles. The minimum Gasteiger partial charge on any atom is -0.445 e. The van der Waals surface area contributed by atoms with Crippen molar-refractivity contribution in [1.82, 2.24) is 45.7 Å². The predicted molar refractivity (Wildman–Crippen MR) is 262 cm³/mol. The standard InChI is InChI=1S/C46H64IN11O13/c1-6-8-15-46(47,7-2)27-18-31(62)57(44(27)68)17-14-30(61)54-32(23(3)4)41(66)52-24(5)40(65)53-26-11-9-25(10-12-26)20-70-45(69)58-16-13-28(60)35(58)42(67)55-33-29(19-59)71-43(37(64)36(33)63)56-39-34-38(49-21-48-34)50-22-51-39/h9-12,21-24,27-29,32-33,35-37,43,59-60,63-64H,6-8,13-20H2,1-5H3,(H,52,66)(H,53,65)(H,54,61)(H,55,67)(H2,48,49,50,51,56)/t24-,27?,28+,29-,32-,33-,35+,36+,37-,43-,46?/m0/s1. The zero-order chi connectivity index (χ0) is 51.7. The Labute approximate surface area is 423 Å². The topological polar surface area (TPSA) is 340 Å². The number of nitrogens with zero attached hydrogens (tertiary/aromatic N) is 5. The number of benzene rings is 1. The summed E-state index contributed by atoms with van der Waals surface area (Å²) in [7, 11) is 0. The summed E-state index contributed by atoms with van der Waals surface area (Å²) in [6.07, 6.45) is -2.09. The lowest BCUT2D eigenvalue weighted by molar-refractivity contribution is -0.186. The number of imidazole rings is 1. The van der Waals surface area contributed by atoms with Gasteiger partial charge in [0.25, 0.3) is 0 Å². The number of aliphatic hydroxyl groups excluding tert-OH is 4. The molecule has 388 valence electrons. The average molecular weight is 1110 g/mol. The van der Waals surface area contributed by atoms with Crippen LogP contribution in [0.3, 0.4) is 0 Å². The Morgan fingerprint density at radius 3 is 2.41 bits per heavy atom. The van der Waals surface area contributed by atoms with E-state index >= 15 is 0 Å². The summed E-state index contributed by atoms with van der Waals surface area (Å²) >= 11 is 2.31. The maximum atomic E-state index is 13.6. The number of likely N-dealkylation sites (tertiary alicyclic amines) is 2. The third-order valence-electron chi connectivity index (χ3n) is 13.2. The first kappa shape index (κ1) is 54.7. The third kappa shape index (κ3) is 12.9. The van der Waals surface area contributed by atoms with Gasteiger partial charge in [0.2, 0.25) is 35.4 Å². The summed E-state index contributed by atoms with van der Waals surface area (Å²) < 4.78 is 11.0.